The fourth-order valence-corrected chi connectivity index (χ4v) is 4.05. The average Bonchev–Trinajstić information content (AvgIpc) is 2.73. The minimum Gasteiger partial charge on any atom is -0.494 e. The lowest BCUT2D eigenvalue weighted by atomic mass is 9.95. The van der Waals surface area contributed by atoms with Crippen LogP contribution < -0.4 is 4.74 Å². The van der Waals surface area contributed by atoms with Crippen LogP contribution in [-0.2, 0) is 11.3 Å². The van der Waals surface area contributed by atoms with Crippen LogP contribution in [0.15, 0.2) is 18.2 Å². The van der Waals surface area contributed by atoms with Crippen LogP contribution in [0, 0.1) is 11.7 Å². The maximum absolute atomic E-state index is 13.9. The number of nitrogens with zero attached hydrogens (tertiary/aromatic N) is 4. The standard InChI is InChI=1S/C21H31FN4O3/c1-23(2)21(28)26-8-6-17(7-9-26)20(27)25-12-10-24(11-13-25)15-16-4-5-19(29-3)18(22)14-16/h4-5,14,17H,6-13,15H2,1-3H3. The average molecular weight is 407 g/mol. The van der Waals surface area contributed by atoms with Gasteiger partial charge in [-0.2, -0.15) is 0 Å². The van der Waals surface area contributed by atoms with E-state index in [1.165, 1.54) is 13.2 Å². The number of carbonyl (C=O) groups excluding carboxylic acids is 2. The van der Waals surface area contributed by atoms with E-state index < -0.39 is 0 Å². The van der Waals surface area contributed by atoms with Gasteiger partial charge in [0.05, 0.1) is 7.11 Å². The van der Waals surface area contributed by atoms with Gasteiger partial charge in [0.2, 0.25) is 5.91 Å². The molecule has 2 heterocycles. The molecule has 2 aliphatic rings. The Kier molecular flexibility index (Phi) is 6.95. The Labute approximate surface area is 172 Å². The lowest BCUT2D eigenvalue weighted by molar-refractivity contribution is -0.138. The SMILES string of the molecule is COc1ccc(CN2CCN(C(=O)C3CCN(C(=O)N(C)C)CC3)CC2)cc1F. The number of halogens is 1. The van der Waals surface area contributed by atoms with Gasteiger partial charge in [-0.05, 0) is 30.5 Å². The van der Waals surface area contributed by atoms with Crippen LogP contribution >= 0.6 is 0 Å². The zero-order valence-corrected chi connectivity index (χ0v) is 17.6. The fourth-order valence-electron chi connectivity index (χ4n) is 4.05. The van der Waals surface area contributed by atoms with Crippen molar-refractivity contribution in [2.75, 3.05) is 60.5 Å². The van der Waals surface area contributed by atoms with Crippen molar-refractivity contribution in [2.24, 2.45) is 5.92 Å². The molecule has 0 unspecified atom stereocenters. The van der Waals surface area contributed by atoms with E-state index >= 15 is 0 Å². The first-order valence-corrected chi connectivity index (χ1v) is 10.2. The van der Waals surface area contributed by atoms with Gasteiger partial charge in [-0.25, -0.2) is 9.18 Å². The van der Waals surface area contributed by atoms with Gasteiger partial charge >= 0.3 is 6.03 Å². The van der Waals surface area contributed by atoms with Gasteiger partial charge in [-0.15, -0.1) is 0 Å². The van der Waals surface area contributed by atoms with Crippen LogP contribution in [0.5, 0.6) is 5.75 Å². The number of likely N-dealkylation sites (tertiary alicyclic amines) is 1. The monoisotopic (exact) mass is 406 g/mol. The first kappa shape index (κ1) is 21.4. The molecule has 7 nitrogen and oxygen atoms in total. The maximum atomic E-state index is 13.9. The number of methoxy groups -OCH3 is 1. The fraction of sp³-hybridized carbons (Fsp3) is 0.619. The van der Waals surface area contributed by atoms with E-state index in [1.807, 2.05) is 15.9 Å². The number of piperazine rings is 1. The van der Waals surface area contributed by atoms with Crippen molar-refractivity contribution in [1.82, 2.24) is 19.6 Å². The van der Waals surface area contributed by atoms with Crippen molar-refractivity contribution < 1.29 is 18.7 Å². The second-order valence-electron chi connectivity index (χ2n) is 8.01. The van der Waals surface area contributed by atoms with Gasteiger partial charge in [0, 0.05) is 65.8 Å². The maximum Gasteiger partial charge on any atom is 0.319 e. The van der Waals surface area contributed by atoms with E-state index in [9.17, 15) is 14.0 Å². The molecule has 2 fully saturated rings. The lowest BCUT2D eigenvalue weighted by Crippen LogP contribution is -2.52. The highest BCUT2D eigenvalue weighted by Crippen LogP contribution is 2.22. The van der Waals surface area contributed by atoms with Crippen molar-refractivity contribution >= 4 is 11.9 Å². The van der Waals surface area contributed by atoms with Crippen molar-refractivity contribution in [3.63, 3.8) is 0 Å². The summed E-state index contributed by atoms with van der Waals surface area (Å²) in [5, 5.41) is 0. The number of piperidine rings is 1. The topological polar surface area (TPSA) is 56.3 Å². The molecule has 0 aromatic heterocycles. The molecular formula is C21H31FN4O3. The van der Waals surface area contributed by atoms with E-state index in [1.54, 1.807) is 25.1 Å². The predicted octanol–water partition coefficient (Wildman–Crippen LogP) is 1.87. The Morgan fingerprint density at radius 3 is 2.28 bits per heavy atom. The number of urea groups is 1. The summed E-state index contributed by atoms with van der Waals surface area (Å²) in [6.45, 7) is 4.86. The molecule has 0 spiro atoms. The highest BCUT2D eigenvalue weighted by molar-refractivity contribution is 5.80. The van der Waals surface area contributed by atoms with E-state index in [2.05, 4.69) is 4.90 Å². The summed E-state index contributed by atoms with van der Waals surface area (Å²) < 4.78 is 18.8. The van der Waals surface area contributed by atoms with E-state index in [0.29, 0.717) is 32.7 Å². The van der Waals surface area contributed by atoms with Gasteiger partial charge < -0.3 is 19.4 Å². The first-order valence-electron chi connectivity index (χ1n) is 10.2. The summed E-state index contributed by atoms with van der Waals surface area (Å²) in [5.74, 6) is 0.112. The normalized spacial score (nSPS) is 18.6. The van der Waals surface area contributed by atoms with Crippen LogP contribution in [0.2, 0.25) is 0 Å². The second kappa shape index (κ2) is 9.43. The summed E-state index contributed by atoms with van der Waals surface area (Å²) in [5.41, 5.74) is 0.904. The molecule has 0 atom stereocenters. The zero-order valence-electron chi connectivity index (χ0n) is 17.6. The van der Waals surface area contributed by atoms with Crippen molar-refractivity contribution in [2.45, 2.75) is 19.4 Å². The first-order chi connectivity index (χ1) is 13.9. The van der Waals surface area contributed by atoms with Crippen LogP contribution in [0.25, 0.3) is 0 Å². The van der Waals surface area contributed by atoms with E-state index in [-0.39, 0.29) is 29.4 Å². The van der Waals surface area contributed by atoms with Crippen molar-refractivity contribution in [3.05, 3.63) is 29.6 Å². The molecule has 1 aromatic carbocycles. The summed E-state index contributed by atoms with van der Waals surface area (Å²) >= 11 is 0. The minimum absolute atomic E-state index is 0.00319. The van der Waals surface area contributed by atoms with Gasteiger partial charge in [0.1, 0.15) is 0 Å². The van der Waals surface area contributed by atoms with Gasteiger partial charge in [-0.1, -0.05) is 6.07 Å². The smallest absolute Gasteiger partial charge is 0.319 e. The summed E-state index contributed by atoms with van der Waals surface area (Å²) in [6, 6.07) is 5.05. The predicted molar refractivity (Wildman–Crippen MR) is 108 cm³/mol. The Hall–Kier alpha value is -2.35. The molecule has 160 valence electrons. The largest absolute Gasteiger partial charge is 0.494 e. The molecule has 2 aliphatic heterocycles. The highest BCUT2D eigenvalue weighted by Gasteiger charge is 2.32. The molecular weight excluding hydrogens is 375 g/mol. The third kappa shape index (κ3) is 5.18. The van der Waals surface area contributed by atoms with E-state index in [0.717, 1.165) is 31.5 Å². The number of carbonyl (C=O) groups is 2. The summed E-state index contributed by atoms with van der Waals surface area (Å²) in [7, 11) is 4.96. The van der Waals surface area contributed by atoms with Crippen LogP contribution in [0.1, 0.15) is 18.4 Å². The summed E-state index contributed by atoms with van der Waals surface area (Å²) in [6.07, 6.45) is 1.45. The lowest BCUT2D eigenvalue weighted by Gasteiger charge is -2.39. The van der Waals surface area contributed by atoms with Gasteiger partial charge in [0.25, 0.3) is 0 Å². The Bertz CT molecular complexity index is 727. The molecule has 3 amide bonds. The van der Waals surface area contributed by atoms with Gasteiger partial charge in [0.15, 0.2) is 11.6 Å². The quantitative estimate of drug-likeness (QED) is 0.766. The highest BCUT2D eigenvalue weighted by atomic mass is 19.1. The van der Waals surface area contributed by atoms with Gasteiger partial charge in [-0.3, -0.25) is 9.69 Å². The number of ether oxygens (including phenoxy) is 1. The molecule has 0 saturated carbocycles. The van der Waals surface area contributed by atoms with Crippen molar-refractivity contribution in [3.8, 4) is 5.75 Å². The van der Waals surface area contributed by atoms with Crippen LogP contribution in [-0.4, -0.2) is 92.0 Å². The molecule has 0 N–H and O–H groups in total. The molecule has 29 heavy (non-hydrogen) atoms. The molecule has 1 aromatic rings. The number of hydrogen-bond donors (Lipinski definition) is 0. The minimum atomic E-state index is -0.349. The third-order valence-electron chi connectivity index (χ3n) is 5.80. The Morgan fingerprint density at radius 1 is 1.07 bits per heavy atom. The molecule has 0 radical (unpaired) electrons. The van der Waals surface area contributed by atoms with Crippen LogP contribution in [0.4, 0.5) is 9.18 Å². The number of hydrogen-bond acceptors (Lipinski definition) is 4. The number of rotatable bonds is 4. The zero-order chi connectivity index (χ0) is 21.0. The van der Waals surface area contributed by atoms with E-state index in [4.69, 9.17) is 4.74 Å². The van der Waals surface area contributed by atoms with Crippen LogP contribution in [0.3, 0.4) is 0 Å². The Balaban J connectivity index is 1.45. The molecule has 8 heteroatoms. The summed E-state index contributed by atoms with van der Waals surface area (Å²) in [4.78, 5) is 32.5. The molecule has 3 rings (SSSR count). The van der Waals surface area contributed by atoms with Crippen molar-refractivity contribution in [1.29, 1.82) is 0 Å². The number of benzene rings is 1. The Morgan fingerprint density at radius 2 is 1.72 bits per heavy atom. The second-order valence-corrected chi connectivity index (χ2v) is 8.01. The molecule has 0 bridgehead atoms. The number of amides is 3. The third-order valence-corrected chi connectivity index (χ3v) is 5.80. The molecule has 0 aliphatic carbocycles. The molecule has 2 saturated heterocycles.